The number of nitriles is 1. The van der Waals surface area contributed by atoms with Gasteiger partial charge in [-0.3, -0.25) is 4.90 Å². The van der Waals surface area contributed by atoms with Crippen molar-refractivity contribution in [2.45, 2.75) is 43.7 Å². The molecular weight excluding hydrogens is 306 g/mol. The highest BCUT2D eigenvalue weighted by Gasteiger charge is 2.37. The molecule has 0 spiro atoms. The van der Waals surface area contributed by atoms with E-state index in [4.69, 9.17) is 0 Å². The minimum atomic E-state index is -0.438. The number of rotatable bonds is 3. The van der Waals surface area contributed by atoms with Crippen LogP contribution in [0.3, 0.4) is 0 Å². The average molecular weight is 331 g/mol. The molecule has 128 valence electrons. The van der Waals surface area contributed by atoms with Crippen LogP contribution in [0.5, 0.6) is 0 Å². The summed E-state index contributed by atoms with van der Waals surface area (Å²) in [5, 5.41) is 13.3. The first-order valence-corrected chi connectivity index (χ1v) is 9.36. The van der Waals surface area contributed by atoms with E-state index in [1.54, 1.807) is 0 Å². The molecular formula is C22H25N3. The predicted molar refractivity (Wildman–Crippen MR) is 101 cm³/mol. The number of nitrogens with one attached hydrogen (secondary N) is 1. The van der Waals surface area contributed by atoms with Gasteiger partial charge in [-0.05, 0) is 55.4 Å². The van der Waals surface area contributed by atoms with E-state index in [1.807, 2.05) is 30.3 Å². The Morgan fingerprint density at radius 1 is 1.00 bits per heavy atom. The zero-order valence-electron chi connectivity index (χ0n) is 14.6. The molecule has 0 unspecified atom stereocenters. The number of hydrogen-bond acceptors (Lipinski definition) is 3. The van der Waals surface area contributed by atoms with Gasteiger partial charge in [-0.15, -0.1) is 0 Å². The van der Waals surface area contributed by atoms with Crippen molar-refractivity contribution < 1.29 is 0 Å². The summed E-state index contributed by atoms with van der Waals surface area (Å²) in [6, 6.07) is 22.1. The number of aryl methyl sites for hydroxylation is 1. The zero-order valence-corrected chi connectivity index (χ0v) is 14.6. The predicted octanol–water partition coefficient (Wildman–Crippen LogP) is 4.53. The Bertz CT molecular complexity index is 754. The molecule has 25 heavy (non-hydrogen) atoms. The van der Waals surface area contributed by atoms with Crippen LogP contribution < -0.4 is 5.32 Å². The van der Waals surface area contributed by atoms with Gasteiger partial charge >= 0.3 is 0 Å². The second kappa shape index (κ2) is 6.90. The molecule has 3 heteroatoms. The quantitative estimate of drug-likeness (QED) is 0.898. The number of likely N-dealkylation sites (tertiary alicyclic amines) is 1. The molecule has 0 bridgehead atoms. The lowest BCUT2D eigenvalue weighted by atomic mass is 9.83. The molecule has 1 N–H and O–H groups in total. The summed E-state index contributed by atoms with van der Waals surface area (Å²) in [6.07, 6.45) is 5.46. The molecule has 0 radical (unpaired) electrons. The Balaban J connectivity index is 1.47. The second-order valence-corrected chi connectivity index (χ2v) is 7.33. The standard InChI is InChI=1S/C22H25N3/c23-17-22(24-19-9-2-1-3-10-19)13-15-25(16-14-22)21-12-6-8-18-7-4-5-11-20(18)21/h1-5,7,9-11,21,24H,6,8,12-16H2/t21-/m0/s1. The molecule has 4 rings (SSSR count). The maximum atomic E-state index is 9.83. The molecule has 2 aliphatic rings. The summed E-state index contributed by atoms with van der Waals surface area (Å²) in [6.45, 7) is 1.96. The van der Waals surface area contributed by atoms with Crippen molar-refractivity contribution >= 4 is 5.69 Å². The number of anilines is 1. The van der Waals surface area contributed by atoms with Crippen molar-refractivity contribution in [2.24, 2.45) is 0 Å². The molecule has 0 saturated carbocycles. The van der Waals surface area contributed by atoms with E-state index >= 15 is 0 Å². The first-order chi connectivity index (χ1) is 12.3. The van der Waals surface area contributed by atoms with E-state index in [2.05, 4.69) is 40.6 Å². The van der Waals surface area contributed by atoms with Crippen molar-refractivity contribution in [3.05, 3.63) is 65.7 Å². The van der Waals surface area contributed by atoms with Crippen LogP contribution in [-0.4, -0.2) is 23.5 Å². The molecule has 1 aliphatic heterocycles. The lowest BCUT2D eigenvalue weighted by Gasteiger charge is -2.43. The van der Waals surface area contributed by atoms with Crippen molar-refractivity contribution in [3.63, 3.8) is 0 Å². The Labute approximate surface area is 150 Å². The molecule has 1 heterocycles. The van der Waals surface area contributed by atoms with Gasteiger partial charge in [0.1, 0.15) is 5.54 Å². The van der Waals surface area contributed by atoms with E-state index in [9.17, 15) is 5.26 Å². The van der Waals surface area contributed by atoms with Crippen LogP contribution in [-0.2, 0) is 6.42 Å². The first kappa shape index (κ1) is 16.2. The minimum absolute atomic E-state index is 0.438. The van der Waals surface area contributed by atoms with Crippen molar-refractivity contribution in [2.75, 3.05) is 18.4 Å². The van der Waals surface area contributed by atoms with Gasteiger partial charge in [-0.25, -0.2) is 0 Å². The van der Waals surface area contributed by atoms with Gasteiger partial charge in [0.15, 0.2) is 0 Å². The van der Waals surface area contributed by atoms with Crippen LogP contribution in [0, 0.1) is 11.3 Å². The largest absolute Gasteiger partial charge is 0.367 e. The molecule has 0 aromatic heterocycles. The van der Waals surface area contributed by atoms with E-state index in [-0.39, 0.29) is 0 Å². The molecule has 0 amide bonds. The fraction of sp³-hybridized carbons (Fsp3) is 0.409. The SMILES string of the molecule is N#CC1(Nc2ccccc2)CCN([C@H]2CCCc3ccccc32)CC1. The van der Waals surface area contributed by atoms with Gasteiger partial charge in [0.05, 0.1) is 6.07 Å². The van der Waals surface area contributed by atoms with E-state index in [0.29, 0.717) is 6.04 Å². The van der Waals surface area contributed by atoms with Gasteiger partial charge in [0, 0.05) is 24.8 Å². The van der Waals surface area contributed by atoms with Crippen molar-refractivity contribution in [1.82, 2.24) is 4.90 Å². The number of fused-ring (bicyclic) bond motifs is 1. The summed E-state index contributed by atoms with van der Waals surface area (Å²) in [5.41, 5.74) is 3.62. The lowest BCUT2D eigenvalue weighted by Crippen LogP contribution is -2.49. The second-order valence-electron chi connectivity index (χ2n) is 7.33. The van der Waals surface area contributed by atoms with Crippen molar-refractivity contribution in [1.29, 1.82) is 5.26 Å². The van der Waals surface area contributed by atoms with E-state index in [0.717, 1.165) is 31.6 Å². The van der Waals surface area contributed by atoms with E-state index in [1.165, 1.54) is 30.4 Å². The van der Waals surface area contributed by atoms with Crippen LogP contribution in [0.2, 0.25) is 0 Å². The number of benzene rings is 2. The van der Waals surface area contributed by atoms with Gasteiger partial charge in [-0.2, -0.15) is 5.26 Å². The summed E-state index contributed by atoms with van der Waals surface area (Å²) < 4.78 is 0. The summed E-state index contributed by atoms with van der Waals surface area (Å²) in [4.78, 5) is 2.60. The third-order valence-electron chi connectivity index (χ3n) is 5.80. The molecule has 3 nitrogen and oxygen atoms in total. The summed E-state index contributed by atoms with van der Waals surface area (Å²) in [7, 11) is 0. The van der Waals surface area contributed by atoms with Gasteiger partial charge in [-0.1, -0.05) is 42.5 Å². The number of hydrogen-bond donors (Lipinski definition) is 1. The maximum Gasteiger partial charge on any atom is 0.127 e. The molecule has 2 aromatic carbocycles. The average Bonchev–Trinajstić information content (AvgIpc) is 2.69. The smallest absolute Gasteiger partial charge is 0.127 e. The Hall–Kier alpha value is -2.31. The Kier molecular flexibility index (Phi) is 4.46. The highest BCUT2D eigenvalue weighted by Crippen LogP contribution is 2.37. The topological polar surface area (TPSA) is 39.1 Å². The summed E-state index contributed by atoms with van der Waals surface area (Å²) in [5.74, 6) is 0. The van der Waals surface area contributed by atoms with Crippen molar-refractivity contribution in [3.8, 4) is 6.07 Å². The van der Waals surface area contributed by atoms with Crippen LogP contribution in [0.4, 0.5) is 5.69 Å². The molecule has 1 aliphatic carbocycles. The van der Waals surface area contributed by atoms with Crippen LogP contribution in [0.1, 0.15) is 42.9 Å². The maximum absolute atomic E-state index is 9.83. The Morgan fingerprint density at radius 3 is 2.48 bits per heavy atom. The lowest BCUT2D eigenvalue weighted by molar-refractivity contribution is 0.129. The van der Waals surface area contributed by atoms with Crippen LogP contribution in [0.15, 0.2) is 54.6 Å². The molecule has 1 fully saturated rings. The third-order valence-corrected chi connectivity index (χ3v) is 5.80. The van der Waals surface area contributed by atoms with Crippen LogP contribution >= 0.6 is 0 Å². The molecule has 2 aromatic rings. The van der Waals surface area contributed by atoms with Crippen LogP contribution in [0.25, 0.3) is 0 Å². The van der Waals surface area contributed by atoms with Gasteiger partial charge in [0.2, 0.25) is 0 Å². The fourth-order valence-electron chi connectivity index (χ4n) is 4.39. The summed E-state index contributed by atoms with van der Waals surface area (Å²) >= 11 is 0. The van der Waals surface area contributed by atoms with Gasteiger partial charge < -0.3 is 5.32 Å². The van der Waals surface area contributed by atoms with E-state index < -0.39 is 5.54 Å². The highest BCUT2D eigenvalue weighted by atomic mass is 15.2. The fourth-order valence-corrected chi connectivity index (χ4v) is 4.39. The number of para-hydroxylation sites is 1. The highest BCUT2D eigenvalue weighted by molar-refractivity contribution is 5.47. The normalized spacial score (nSPS) is 22.6. The number of piperidine rings is 1. The monoisotopic (exact) mass is 331 g/mol. The Morgan fingerprint density at radius 2 is 1.72 bits per heavy atom. The molecule has 1 saturated heterocycles. The van der Waals surface area contributed by atoms with Gasteiger partial charge in [0.25, 0.3) is 0 Å². The molecule has 1 atom stereocenters. The zero-order chi connectivity index (χ0) is 17.1. The minimum Gasteiger partial charge on any atom is -0.367 e. The number of nitrogens with zero attached hydrogens (tertiary/aromatic N) is 2. The first-order valence-electron chi connectivity index (χ1n) is 9.36. The third kappa shape index (κ3) is 3.27.